The molecule has 0 bridgehead atoms. The summed E-state index contributed by atoms with van der Waals surface area (Å²) < 4.78 is 0. The number of hydrogen-bond acceptors (Lipinski definition) is 2. The molecule has 11 heavy (non-hydrogen) atoms. The topological polar surface area (TPSA) is 34.1 Å². The Hall–Kier alpha value is -0.661. The first-order valence-electron chi connectivity index (χ1n) is 2.71. The second-order valence-corrected chi connectivity index (χ2v) is 1.47. The van der Waals surface area contributed by atoms with Gasteiger partial charge in [-0.1, -0.05) is 6.92 Å². The van der Waals surface area contributed by atoms with Crippen molar-refractivity contribution in [2.24, 2.45) is 0 Å². The van der Waals surface area contributed by atoms with Crippen LogP contribution in [0.5, 0.6) is 0 Å². The van der Waals surface area contributed by atoms with Gasteiger partial charge in [-0.05, 0) is 0 Å². The minimum absolute atomic E-state index is 0. The first-order chi connectivity index (χ1) is 4.89. The van der Waals surface area contributed by atoms with Crippen molar-refractivity contribution in [2.45, 2.75) is 13.3 Å². The van der Waals surface area contributed by atoms with Gasteiger partial charge >= 0.3 is 0 Å². The van der Waals surface area contributed by atoms with Gasteiger partial charge in [-0.3, -0.25) is 6.08 Å². The smallest absolute Gasteiger partial charge is 0.106 e. The molecule has 0 aromatic carbocycles. The summed E-state index contributed by atoms with van der Waals surface area (Å²) in [4.78, 5) is 16.0. The maximum Gasteiger partial charge on any atom is 0.106 e. The largest absolute Gasteiger partial charge is 0.307 e. The molecule has 0 aromatic heterocycles. The van der Waals surface area contributed by atoms with Crippen LogP contribution in [0.25, 0.3) is 0 Å². The maximum absolute atomic E-state index is 8.00. The van der Waals surface area contributed by atoms with Crippen molar-refractivity contribution in [1.29, 1.82) is 0 Å². The fraction of sp³-hybridized carbons (Fsp3) is 0.250. The zero-order valence-corrected chi connectivity index (χ0v) is 7.55. The van der Waals surface area contributed by atoms with Gasteiger partial charge in [0.2, 0.25) is 0 Å². The third-order valence-corrected chi connectivity index (χ3v) is 0.867. The average Bonchev–Trinajstić information content (AvgIpc) is 2.48. The molecule has 0 heterocycles. The Morgan fingerprint density at radius 2 is 1.82 bits per heavy atom. The predicted molar refractivity (Wildman–Crippen MR) is 40.4 cm³/mol. The molecule has 0 unspecified atom stereocenters. The van der Waals surface area contributed by atoms with Gasteiger partial charge in [-0.2, -0.15) is 6.08 Å². The first-order valence-corrected chi connectivity index (χ1v) is 2.71. The molecular weight excluding hydrogens is 184 g/mol. The first kappa shape index (κ1) is 16.7. The van der Waals surface area contributed by atoms with Crippen molar-refractivity contribution in [1.82, 2.24) is 0 Å². The van der Waals surface area contributed by atoms with Gasteiger partial charge in [0.1, 0.15) is 13.6 Å². The molecule has 0 spiro atoms. The minimum Gasteiger partial charge on any atom is -0.307 e. The van der Waals surface area contributed by atoms with Crippen LogP contribution in [0.2, 0.25) is 0 Å². The third-order valence-electron chi connectivity index (χ3n) is 0.867. The molecular formula is C8H11FeO2-. The number of carbonyl (C=O) groups is 2. The van der Waals surface area contributed by atoms with Crippen molar-refractivity contribution < 1.29 is 26.7 Å². The number of hydrogen-bond donors (Lipinski definition) is 0. The fourth-order valence-electron chi connectivity index (χ4n) is 0.515. The summed E-state index contributed by atoms with van der Waals surface area (Å²) in [6.45, 7) is 6.06. The molecule has 0 radical (unpaired) electrons. The molecule has 1 aliphatic carbocycles. The second kappa shape index (κ2) is 16.2. The Balaban J connectivity index is -0.000000114. The van der Waals surface area contributed by atoms with Gasteiger partial charge in [0, 0.05) is 17.1 Å². The van der Waals surface area contributed by atoms with E-state index < -0.39 is 0 Å². The molecule has 1 rings (SSSR count). The summed E-state index contributed by atoms with van der Waals surface area (Å²) >= 11 is 0. The molecule has 1 aliphatic rings. The van der Waals surface area contributed by atoms with Crippen molar-refractivity contribution in [3.05, 3.63) is 23.8 Å². The van der Waals surface area contributed by atoms with E-state index in [1.807, 2.05) is 13.6 Å². The van der Waals surface area contributed by atoms with Gasteiger partial charge in [0.25, 0.3) is 0 Å². The molecule has 3 heteroatoms. The van der Waals surface area contributed by atoms with E-state index in [2.05, 4.69) is 25.2 Å². The average molecular weight is 195 g/mol. The van der Waals surface area contributed by atoms with E-state index in [0.717, 1.165) is 6.42 Å². The summed E-state index contributed by atoms with van der Waals surface area (Å²) in [6.07, 6.45) is 8.33. The van der Waals surface area contributed by atoms with E-state index in [4.69, 9.17) is 9.59 Å². The van der Waals surface area contributed by atoms with Crippen LogP contribution in [-0.4, -0.2) is 13.6 Å². The summed E-state index contributed by atoms with van der Waals surface area (Å²) in [5.74, 6) is 0. The van der Waals surface area contributed by atoms with E-state index in [1.165, 1.54) is 5.57 Å². The van der Waals surface area contributed by atoms with Crippen LogP contribution >= 0.6 is 0 Å². The Labute approximate surface area is 77.8 Å². The van der Waals surface area contributed by atoms with Crippen molar-refractivity contribution in [2.75, 3.05) is 0 Å². The molecule has 0 saturated heterocycles. The summed E-state index contributed by atoms with van der Waals surface area (Å²) in [5, 5.41) is 0. The second-order valence-electron chi connectivity index (χ2n) is 1.47. The van der Waals surface area contributed by atoms with Gasteiger partial charge in [0.05, 0.1) is 0 Å². The molecule has 0 saturated carbocycles. The zero-order chi connectivity index (χ0) is 8.41. The van der Waals surface area contributed by atoms with Gasteiger partial charge in [-0.25, -0.2) is 11.6 Å². The molecule has 64 valence electrons. The molecule has 0 aliphatic heterocycles. The Bertz CT molecular complexity index is 125. The Morgan fingerprint density at radius 1 is 1.36 bits per heavy atom. The fourth-order valence-corrected chi connectivity index (χ4v) is 0.515. The number of allylic oxidation sites excluding steroid dienone is 4. The normalized spacial score (nSPS) is 10.8. The summed E-state index contributed by atoms with van der Waals surface area (Å²) in [5.41, 5.74) is 1.27. The standard InChI is InChI=1S/C6H7.2CH2O.Fe/c1-6-4-2-3-5-6;2*1-2;/h2,4H,3H2,1H3;2*1H2;/q-1;;;. The maximum atomic E-state index is 8.00. The van der Waals surface area contributed by atoms with Crippen molar-refractivity contribution in [3.63, 3.8) is 0 Å². The quantitative estimate of drug-likeness (QED) is 0.431. The molecule has 0 amide bonds. The van der Waals surface area contributed by atoms with Crippen LogP contribution < -0.4 is 0 Å². The van der Waals surface area contributed by atoms with E-state index in [1.54, 1.807) is 0 Å². The monoisotopic (exact) mass is 195 g/mol. The number of rotatable bonds is 0. The molecule has 2 nitrogen and oxygen atoms in total. The minimum atomic E-state index is 0. The van der Waals surface area contributed by atoms with Crippen molar-refractivity contribution >= 4 is 13.6 Å². The third kappa shape index (κ3) is 12.5. The predicted octanol–water partition coefficient (Wildman–Crippen LogP) is 1.32. The van der Waals surface area contributed by atoms with Crippen LogP contribution in [0, 0.1) is 6.08 Å². The van der Waals surface area contributed by atoms with Gasteiger partial charge in [-0.15, -0.1) is 6.42 Å². The van der Waals surface area contributed by atoms with E-state index in [0.29, 0.717) is 0 Å². The van der Waals surface area contributed by atoms with Crippen LogP contribution in [0.1, 0.15) is 13.3 Å². The van der Waals surface area contributed by atoms with Gasteiger partial charge < -0.3 is 9.59 Å². The molecule has 0 aromatic rings. The van der Waals surface area contributed by atoms with Crippen LogP contribution in [0.15, 0.2) is 17.7 Å². The molecule has 0 N–H and O–H groups in total. The van der Waals surface area contributed by atoms with E-state index in [9.17, 15) is 0 Å². The van der Waals surface area contributed by atoms with E-state index >= 15 is 0 Å². The summed E-state index contributed by atoms with van der Waals surface area (Å²) in [7, 11) is 0. The van der Waals surface area contributed by atoms with Gasteiger partial charge in [0.15, 0.2) is 0 Å². The van der Waals surface area contributed by atoms with Crippen molar-refractivity contribution in [3.8, 4) is 0 Å². The number of carbonyl (C=O) groups excluding carboxylic acids is 2. The Morgan fingerprint density at radius 3 is 1.91 bits per heavy atom. The SMILES string of the molecule is C=O.C=O.CC1=[C-]CC=C1.[Fe]. The zero-order valence-electron chi connectivity index (χ0n) is 6.45. The van der Waals surface area contributed by atoms with Crippen LogP contribution in [-0.2, 0) is 26.7 Å². The molecule has 0 fully saturated rings. The van der Waals surface area contributed by atoms with E-state index in [-0.39, 0.29) is 17.1 Å². The van der Waals surface area contributed by atoms with Crippen LogP contribution in [0.3, 0.4) is 0 Å². The molecule has 0 atom stereocenters. The summed E-state index contributed by atoms with van der Waals surface area (Å²) in [6, 6.07) is 0. The van der Waals surface area contributed by atoms with Crippen LogP contribution in [0.4, 0.5) is 0 Å². The Kier molecular flexibility index (Phi) is 24.6.